The molecule has 0 bridgehead atoms. The lowest BCUT2D eigenvalue weighted by molar-refractivity contribution is -0.0881. The second-order valence-corrected chi connectivity index (χ2v) is 8.99. The third-order valence-corrected chi connectivity index (χ3v) is 7.59. The van der Waals surface area contributed by atoms with Gasteiger partial charge in [0.05, 0.1) is 18.1 Å². The van der Waals surface area contributed by atoms with E-state index in [0.717, 1.165) is 38.0 Å². The highest BCUT2D eigenvalue weighted by Gasteiger charge is 2.45. The summed E-state index contributed by atoms with van der Waals surface area (Å²) in [5, 5.41) is 0. The van der Waals surface area contributed by atoms with Crippen LogP contribution in [0.5, 0.6) is 0 Å². The van der Waals surface area contributed by atoms with Crippen molar-refractivity contribution >= 4 is 10.0 Å². The van der Waals surface area contributed by atoms with Crippen LogP contribution in [-0.4, -0.2) is 52.7 Å². The molecule has 2 aliphatic rings. The van der Waals surface area contributed by atoms with Gasteiger partial charge in [-0.15, -0.1) is 0 Å². The van der Waals surface area contributed by atoms with Crippen LogP contribution in [0.4, 0.5) is 0 Å². The smallest absolute Gasteiger partial charge is 0.243 e. The Balaban J connectivity index is 1.73. The van der Waals surface area contributed by atoms with Crippen LogP contribution in [0.3, 0.4) is 0 Å². The average molecular weight is 353 g/mol. The molecule has 0 aromatic heterocycles. The Morgan fingerprint density at radius 3 is 2.50 bits per heavy atom. The van der Waals surface area contributed by atoms with Crippen LogP contribution < -0.4 is 0 Å². The highest BCUT2D eigenvalue weighted by atomic mass is 32.2. The lowest BCUT2D eigenvalue weighted by Gasteiger charge is -2.48. The van der Waals surface area contributed by atoms with Crippen molar-refractivity contribution in [3.63, 3.8) is 0 Å². The van der Waals surface area contributed by atoms with Gasteiger partial charge >= 0.3 is 0 Å². The van der Waals surface area contributed by atoms with Gasteiger partial charge in [0.1, 0.15) is 0 Å². The van der Waals surface area contributed by atoms with E-state index in [1.54, 1.807) is 23.5 Å². The van der Waals surface area contributed by atoms with Crippen molar-refractivity contribution in [3.05, 3.63) is 29.8 Å². The average Bonchev–Trinajstić information content (AvgIpc) is 2.58. The highest BCUT2D eigenvalue weighted by Crippen LogP contribution is 2.45. The molecule has 24 heavy (non-hydrogen) atoms. The third-order valence-electron chi connectivity index (χ3n) is 5.67. The second-order valence-electron chi connectivity index (χ2n) is 7.06. The molecule has 2 heterocycles. The van der Waals surface area contributed by atoms with Crippen LogP contribution in [0.1, 0.15) is 24.8 Å². The monoisotopic (exact) mass is 353 g/mol. The maximum absolute atomic E-state index is 12.9. The first-order valence-electron chi connectivity index (χ1n) is 8.61. The molecule has 5 nitrogen and oxygen atoms in total. The number of hydrogen-bond acceptors (Lipinski definition) is 4. The maximum atomic E-state index is 12.9. The van der Waals surface area contributed by atoms with Crippen LogP contribution in [-0.2, 0) is 19.5 Å². The largest absolute Gasteiger partial charge is 0.384 e. The van der Waals surface area contributed by atoms with Gasteiger partial charge in [-0.25, -0.2) is 8.42 Å². The zero-order chi connectivity index (χ0) is 17.2. The van der Waals surface area contributed by atoms with Crippen molar-refractivity contribution in [2.24, 2.45) is 11.3 Å². The Hall–Kier alpha value is -0.950. The number of rotatable bonds is 4. The normalized spacial score (nSPS) is 25.0. The van der Waals surface area contributed by atoms with Crippen LogP contribution in [0.15, 0.2) is 29.2 Å². The van der Waals surface area contributed by atoms with Gasteiger partial charge < -0.3 is 9.47 Å². The zero-order valence-electron chi connectivity index (χ0n) is 14.5. The number of aryl methyl sites for hydroxylation is 1. The number of benzene rings is 1. The van der Waals surface area contributed by atoms with Gasteiger partial charge in [0.15, 0.2) is 0 Å². The number of methoxy groups -OCH3 is 1. The van der Waals surface area contributed by atoms with Crippen molar-refractivity contribution in [1.29, 1.82) is 0 Å². The van der Waals surface area contributed by atoms with E-state index in [1.807, 2.05) is 19.1 Å². The molecule has 1 aromatic carbocycles. The van der Waals surface area contributed by atoms with Crippen molar-refractivity contribution in [2.75, 3.05) is 40.0 Å². The second kappa shape index (κ2) is 7.12. The molecule has 3 rings (SSSR count). The van der Waals surface area contributed by atoms with Crippen molar-refractivity contribution in [2.45, 2.75) is 31.1 Å². The van der Waals surface area contributed by atoms with Gasteiger partial charge in [-0.1, -0.05) is 17.7 Å². The quantitative estimate of drug-likeness (QED) is 0.834. The van der Waals surface area contributed by atoms with Crippen LogP contribution >= 0.6 is 0 Å². The lowest BCUT2D eigenvalue weighted by atomic mass is 9.66. The van der Waals surface area contributed by atoms with Crippen molar-refractivity contribution in [1.82, 2.24) is 4.31 Å². The predicted molar refractivity (Wildman–Crippen MR) is 92.4 cm³/mol. The summed E-state index contributed by atoms with van der Waals surface area (Å²) in [6, 6.07) is 7.12. The van der Waals surface area contributed by atoms with E-state index >= 15 is 0 Å². The van der Waals surface area contributed by atoms with Crippen molar-refractivity contribution in [3.8, 4) is 0 Å². The van der Waals surface area contributed by atoms with E-state index < -0.39 is 10.0 Å². The molecule has 134 valence electrons. The Morgan fingerprint density at radius 2 is 1.88 bits per heavy atom. The number of piperidine rings is 1. The number of nitrogens with zero attached hydrogens (tertiary/aromatic N) is 1. The highest BCUT2D eigenvalue weighted by molar-refractivity contribution is 7.89. The van der Waals surface area contributed by atoms with Gasteiger partial charge in [0.2, 0.25) is 10.0 Å². The minimum absolute atomic E-state index is 0.160. The van der Waals surface area contributed by atoms with Gasteiger partial charge in [-0.05, 0) is 43.7 Å². The third kappa shape index (κ3) is 3.38. The van der Waals surface area contributed by atoms with Gasteiger partial charge in [0, 0.05) is 32.7 Å². The fourth-order valence-electron chi connectivity index (χ4n) is 4.00. The molecule has 2 saturated heterocycles. The van der Waals surface area contributed by atoms with E-state index in [9.17, 15) is 8.42 Å². The SMILES string of the molecule is COC[C@@H]1COCCC12CCN(S(=O)(=O)c1ccc(C)cc1)CC2. The molecule has 0 unspecified atom stereocenters. The number of ether oxygens (including phenoxy) is 2. The summed E-state index contributed by atoms with van der Waals surface area (Å²) in [6.45, 7) is 5.29. The molecule has 6 heteroatoms. The maximum Gasteiger partial charge on any atom is 0.243 e. The minimum Gasteiger partial charge on any atom is -0.384 e. The van der Waals surface area contributed by atoms with Crippen molar-refractivity contribution < 1.29 is 17.9 Å². The molecule has 0 saturated carbocycles. The molecule has 2 fully saturated rings. The molecular formula is C18H27NO4S. The molecule has 2 aliphatic heterocycles. The molecule has 0 radical (unpaired) electrons. The molecule has 0 aliphatic carbocycles. The first-order chi connectivity index (χ1) is 11.5. The summed E-state index contributed by atoms with van der Waals surface area (Å²) in [6.07, 6.45) is 2.77. The summed E-state index contributed by atoms with van der Waals surface area (Å²) in [4.78, 5) is 0.393. The summed E-state index contributed by atoms with van der Waals surface area (Å²) < 4.78 is 38.3. The van der Waals surface area contributed by atoms with E-state index in [1.165, 1.54) is 0 Å². The summed E-state index contributed by atoms with van der Waals surface area (Å²) >= 11 is 0. The van der Waals surface area contributed by atoms with Crippen LogP contribution in [0.25, 0.3) is 0 Å². The minimum atomic E-state index is -3.39. The Morgan fingerprint density at radius 1 is 1.21 bits per heavy atom. The zero-order valence-corrected chi connectivity index (χ0v) is 15.3. The lowest BCUT2D eigenvalue weighted by Crippen LogP contribution is -2.50. The Bertz CT molecular complexity index is 646. The van der Waals surface area contributed by atoms with Crippen LogP contribution in [0, 0.1) is 18.3 Å². The van der Waals surface area contributed by atoms with Gasteiger partial charge in [-0.2, -0.15) is 4.31 Å². The topological polar surface area (TPSA) is 55.8 Å². The predicted octanol–water partition coefficient (Wildman–Crippen LogP) is 2.45. The first-order valence-corrected chi connectivity index (χ1v) is 10.1. The molecule has 1 aromatic rings. The van der Waals surface area contributed by atoms with E-state index in [4.69, 9.17) is 9.47 Å². The summed E-state index contributed by atoms with van der Waals surface area (Å²) in [5.41, 5.74) is 1.23. The molecular weight excluding hydrogens is 326 g/mol. The fraction of sp³-hybridized carbons (Fsp3) is 0.667. The standard InChI is InChI=1S/C18H27NO4S/c1-15-3-5-17(6-4-15)24(20,21)19-10-7-18(8-11-19)9-12-23-14-16(18)13-22-2/h3-6,16H,7-14H2,1-2H3/t16-/m1/s1. The van der Waals surface area contributed by atoms with E-state index in [-0.39, 0.29) is 5.41 Å². The van der Waals surface area contributed by atoms with Crippen LogP contribution in [0.2, 0.25) is 0 Å². The number of sulfonamides is 1. The first kappa shape index (κ1) is 17.9. The summed E-state index contributed by atoms with van der Waals surface area (Å²) in [5.74, 6) is 0.362. The molecule has 1 spiro atoms. The Labute approximate surface area is 145 Å². The van der Waals surface area contributed by atoms with Gasteiger partial charge in [0.25, 0.3) is 0 Å². The van der Waals surface area contributed by atoms with Gasteiger partial charge in [-0.3, -0.25) is 0 Å². The number of hydrogen-bond donors (Lipinski definition) is 0. The molecule has 0 N–H and O–H groups in total. The molecule has 0 amide bonds. The fourth-order valence-corrected chi connectivity index (χ4v) is 5.44. The van der Waals surface area contributed by atoms with E-state index in [2.05, 4.69) is 0 Å². The van der Waals surface area contributed by atoms with E-state index in [0.29, 0.717) is 30.5 Å². The molecule has 1 atom stereocenters. The Kier molecular flexibility index (Phi) is 5.30. The summed E-state index contributed by atoms with van der Waals surface area (Å²) in [7, 11) is -1.67.